The van der Waals surface area contributed by atoms with Gasteiger partial charge in [-0.05, 0) is 83.2 Å². The maximum absolute atomic E-state index is 13.2. The number of fused-ring (bicyclic) bond motifs is 1. The number of piperidine rings is 1. The average Bonchev–Trinajstić information content (AvgIpc) is 3.09. The van der Waals surface area contributed by atoms with Gasteiger partial charge in [0.2, 0.25) is 6.41 Å². The van der Waals surface area contributed by atoms with Crippen LogP contribution in [0.5, 0.6) is 5.75 Å². The van der Waals surface area contributed by atoms with Crippen molar-refractivity contribution in [2.45, 2.75) is 130 Å². The third-order valence-electron chi connectivity index (χ3n) is 8.01. The van der Waals surface area contributed by atoms with Crippen LogP contribution in [0, 0.1) is 18.8 Å². The zero-order chi connectivity index (χ0) is 36.5. The van der Waals surface area contributed by atoms with E-state index in [4.69, 9.17) is 4.74 Å². The minimum Gasteiger partial charge on any atom is -0.496 e. The number of hydrogen-bond acceptors (Lipinski definition) is 6. The first-order valence-corrected chi connectivity index (χ1v) is 19.2. The molecule has 4 atom stereocenters. The van der Waals surface area contributed by atoms with Crippen LogP contribution in [0.1, 0.15) is 117 Å². The molecule has 4 unspecified atom stereocenters. The van der Waals surface area contributed by atoms with Crippen molar-refractivity contribution in [3.63, 3.8) is 0 Å². The fourth-order valence-corrected chi connectivity index (χ4v) is 6.72. The van der Waals surface area contributed by atoms with Gasteiger partial charge in [-0.25, -0.2) is 0 Å². The van der Waals surface area contributed by atoms with E-state index in [-0.39, 0.29) is 17.5 Å². The van der Waals surface area contributed by atoms with Gasteiger partial charge in [0.05, 0.1) is 19.3 Å². The molecule has 0 spiro atoms. The van der Waals surface area contributed by atoms with E-state index >= 15 is 0 Å². The average molecular weight is 688 g/mol. The van der Waals surface area contributed by atoms with Gasteiger partial charge in [-0.15, -0.1) is 11.8 Å². The molecule has 7 nitrogen and oxygen atoms in total. The van der Waals surface area contributed by atoms with Crippen molar-refractivity contribution in [1.82, 2.24) is 15.5 Å². The van der Waals surface area contributed by atoms with Crippen molar-refractivity contribution >= 4 is 24.1 Å². The molecule has 1 heterocycles. The van der Waals surface area contributed by atoms with Crippen LogP contribution in [-0.2, 0) is 4.79 Å². The number of likely N-dealkylation sites (tertiary alicyclic amines) is 1. The van der Waals surface area contributed by atoms with E-state index in [9.17, 15) is 14.7 Å². The van der Waals surface area contributed by atoms with Crippen molar-refractivity contribution in [2.75, 3.05) is 32.5 Å². The highest BCUT2D eigenvalue weighted by molar-refractivity contribution is 7.99. The third-order valence-corrected chi connectivity index (χ3v) is 9.15. The summed E-state index contributed by atoms with van der Waals surface area (Å²) in [7, 11) is 1.61. The number of aliphatic hydroxyl groups excluding tert-OH is 1. The summed E-state index contributed by atoms with van der Waals surface area (Å²) in [5, 5.41) is 17.1. The van der Waals surface area contributed by atoms with Gasteiger partial charge in [-0.2, -0.15) is 0 Å². The molecule has 0 radical (unpaired) electrons. The molecule has 2 aromatic carbocycles. The molecule has 2 fully saturated rings. The number of amides is 2. The summed E-state index contributed by atoms with van der Waals surface area (Å²) in [6.45, 7) is 22.7. The number of aliphatic hydroxyl groups is 1. The normalized spacial score (nSPS) is 18.1. The number of methoxy groups -OCH3 is 1. The molecule has 48 heavy (non-hydrogen) atoms. The maximum atomic E-state index is 13.2. The van der Waals surface area contributed by atoms with Crippen molar-refractivity contribution in [3.8, 4) is 5.75 Å². The van der Waals surface area contributed by atoms with Crippen LogP contribution in [-0.4, -0.2) is 72.5 Å². The van der Waals surface area contributed by atoms with E-state index in [0.29, 0.717) is 30.0 Å². The second-order valence-corrected chi connectivity index (χ2v) is 14.1. The highest BCUT2D eigenvalue weighted by Gasteiger charge is 2.33. The number of rotatable bonds is 10. The third kappa shape index (κ3) is 17.7. The molecule has 1 saturated carbocycles. The monoisotopic (exact) mass is 688 g/mol. The molecule has 1 saturated heterocycles. The highest BCUT2D eigenvalue weighted by atomic mass is 32.2. The molecular formula is C40H69N3O4S. The Morgan fingerprint density at radius 2 is 1.60 bits per heavy atom. The minimum atomic E-state index is -0.633. The standard InChI is InChI=1S/C28H38N2O3S.C5H11NO.C3H8.2C2H6/c1-20-24(13-8-14-27(20)33-2)28(32)29-25(19-34-23-11-4-3-5-12-23)26(31)18-30-16-15-21-9-6-7-10-22(21)17-30;1-5(2,3)6-4-7;1-3-2;2*1-2/h3-5,8,11-14,21-22,25-26,31H,6-7,9-10,15-19H2,1-2H3,(H,29,32);4H,1-3H3,(H,6,7);3H2,1-2H3;2*1-2H3. The molecule has 2 amide bonds. The Morgan fingerprint density at radius 1 is 1.00 bits per heavy atom. The number of carbonyl (C=O) groups is 2. The molecule has 3 N–H and O–H groups in total. The first kappa shape index (κ1) is 45.5. The number of benzene rings is 2. The lowest BCUT2D eigenvalue weighted by atomic mass is 9.75. The molecule has 0 bridgehead atoms. The van der Waals surface area contributed by atoms with Crippen molar-refractivity contribution in [3.05, 3.63) is 59.7 Å². The van der Waals surface area contributed by atoms with Crippen LogP contribution in [0.4, 0.5) is 0 Å². The van der Waals surface area contributed by atoms with Crippen LogP contribution < -0.4 is 15.4 Å². The molecule has 0 aromatic heterocycles. The summed E-state index contributed by atoms with van der Waals surface area (Å²) in [5.74, 6) is 2.77. The Kier molecular flexibility index (Phi) is 24.9. The Hall–Kier alpha value is -2.55. The maximum Gasteiger partial charge on any atom is 0.252 e. The lowest BCUT2D eigenvalue weighted by Crippen LogP contribution is -2.52. The summed E-state index contributed by atoms with van der Waals surface area (Å²) in [4.78, 5) is 26.5. The molecule has 4 rings (SSSR count). The van der Waals surface area contributed by atoms with E-state index in [1.807, 2.05) is 91.8 Å². The Morgan fingerprint density at radius 3 is 2.15 bits per heavy atom. The Labute approximate surface area is 298 Å². The summed E-state index contributed by atoms with van der Waals surface area (Å²) < 4.78 is 5.40. The lowest BCUT2D eigenvalue weighted by molar-refractivity contribution is -0.110. The number of ether oxygens (including phenoxy) is 1. The predicted molar refractivity (Wildman–Crippen MR) is 206 cm³/mol. The van der Waals surface area contributed by atoms with Gasteiger partial charge in [-0.3, -0.25) is 9.59 Å². The quantitative estimate of drug-likeness (QED) is 0.171. The van der Waals surface area contributed by atoms with Gasteiger partial charge >= 0.3 is 0 Å². The fraction of sp³-hybridized carbons (Fsp3) is 0.650. The minimum absolute atomic E-state index is 0.0677. The first-order chi connectivity index (χ1) is 23.0. The molecule has 274 valence electrons. The number of carbonyl (C=O) groups excluding carboxylic acids is 2. The van der Waals surface area contributed by atoms with E-state index in [1.165, 1.54) is 38.5 Å². The second-order valence-electron chi connectivity index (χ2n) is 13.0. The molecule has 2 aliphatic rings. The molecule has 8 heteroatoms. The van der Waals surface area contributed by atoms with Gasteiger partial charge in [0, 0.05) is 40.4 Å². The van der Waals surface area contributed by atoms with Crippen LogP contribution in [0.2, 0.25) is 0 Å². The zero-order valence-corrected chi connectivity index (χ0v) is 32.9. The molecule has 1 aliphatic carbocycles. The fourth-order valence-electron chi connectivity index (χ4n) is 5.69. The van der Waals surface area contributed by atoms with E-state index in [2.05, 4.69) is 41.5 Å². The highest BCUT2D eigenvalue weighted by Crippen LogP contribution is 2.36. The number of β-amino-alcohol motifs (C(OH)–C–C–N with tert-alkyl or cyclic N) is 1. The largest absolute Gasteiger partial charge is 0.496 e. The second kappa shape index (κ2) is 26.3. The summed E-state index contributed by atoms with van der Waals surface area (Å²) in [5.41, 5.74) is 1.33. The van der Waals surface area contributed by atoms with E-state index in [1.54, 1.807) is 18.9 Å². The van der Waals surface area contributed by atoms with Gasteiger partial charge in [0.25, 0.3) is 5.91 Å². The molecule has 1 aliphatic heterocycles. The van der Waals surface area contributed by atoms with E-state index < -0.39 is 6.10 Å². The summed E-state index contributed by atoms with van der Waals surface area (Å²) in [6.07, 6.45) is 7.95. The predicted octanol–water partition coefficient (Wildman–Crippen LogP) is 8.77. The van der Waals surface area contributed by atoms with Gasteiger partial charge in [0.15, 0.2) is 0 Å². The Balaban J connectivity index is 0.00000135. The van der Waals surface area contributed by atoms with Crippen LogP contribution in [0.25, 0.3) is 0 Å². The summed E-state index contributed by atoms with van der Waals surface area (Å²) >= 11 is 1.67. The van der Waals surface area contributed by atoms with Crippen LogP contribution in [0.3, 0.4) is 0 Å². The van der Waals surface area contributed by atoms with Gasteiger partial charge < -0.3 is 25.4 Å². The number of nitrogens with zero attached hydrogens (tertiary/aromatic N) is 1. The Bertz CT molecular complexity index is 1110. The van der Waals surface area contributed by atoms with Crippen LogP contribution in [0.15, 0.2) is 53.4 Å². The number of nitrogens with one attached hydrogen (secondary N) is 2. The van der Waals surface area contributed by atoms with Crippen molar-refractivity contribution < 1.29 is 19.4 Å². The lowest BCUT2D eigenvalue weighted by Gasteiger charge is -2.42. The molecule has 2 aromatic rings. The zero-order valence-electron chi connectivity index (χ0n) is 32.1. The van der Waals surface area contributed by atoms with Gasteiger partial charge in [0.1, 0.15) is 5.75 Å². The molecular weight excluding hydrogens is 619 g/mol. The van der Waals surface area contributed by atoms with Crippen LogP contribution >= 0.6 is 11.8 Å². The number of thioether (sulfide) groups is 1. The van der Waals surface area contributed by atoms with Crippen molar-refractivity contribution in [2.24, 2.45) is 11.8 Å². The summed E-state index contributed by atoms with van der Waals surface area (Å²) in [6, 6.07) is 15.3. The smallest absolute Gasteiger partial charge is 0.252 e. The van der Waals surface area contributed by atoms with E-state index in [0.717, 1.165) is 35.4 Å². The van der Waals surface area contributed by atoms with Crippen molar-refractivity contribution in [1.29, 1.82) is 0 Å². The topological polar surface area (TPSA) is 90.9 Å². The first-order valence-electron chi connectivity index (χ1n) is 18.3. The van der Waals surface area contributed by atoms with Gasteiger partial charge in [-0.1, -0.05) is 91.5 Å². The SMILES string of the molecule is CC.CC.CC(C)(C)NC=O.CCC.COc1cccc(C(=O)NC(CSc2ccccc2)C(O)CN2CCC3CCCCC3C2)c1C. The number of hydrogen-bond donors (Lipinski definition) is 3.